The second kappa shape index (κ2) is 6.18. The van der Waals surface area contributed by atoms with E-state index in [9.17, 15) is 17.2 Å². The van der Waals surface area contributed by atoms with Crippen molar-refractivity contribution in [2.24, 2.45) is 5.73 Å². The van der Waals surface area contributed by atoms with Gasteiger partial charge in [0.15, 0.2) is 0 Å². The van der Waals surface area contributed by atoms with Crippen LogP contribution < -0.4 is 5.73 Å². The Morgan fingerprint density at radius 2 is 1.83 bits per heavy atom. The van der Waals surface area contributed by atoms with Crippen LogP contribution in [0.3, 0.4) is 0 Å². The summed E-state index contributed by atoms with van der Waals surface area (Å²) in [5.74, 6) is -3.36. The Hall–Kier alpha value is -0.380. The van der Waals surface area contributed by atoms with E-state index in [1.807, 2.05) is 11.8 Å². The van der Waals surface area contributed by atoms with Gasteiger partial charge in [-0.15, -0.1) is 0 Å². The molecule has 0 aliphatic carbocycles. The molecule has 5 nitrogen and oxygen atoms in total. The van der Waals surface area contributed by atoms with E-state index in [0.717, 1.165) is 10.7 Å². The van der Waals surface area contributed by atoms with E-state index in [1.165, 1.54) is 0 Å². The fraction of sp³-hybridized carbons (Fsp3) is 0.889. The van der Waals surface area contributed by atoms with Crippen molar-refractivity contribution in [1.82, 2.24) is 9.21 Å². The Bertz CT molecular complexity index is 395. The molecular weight excluding hydrogens is 284 g/mol. The minimum Gasteiger partial charge on any atom is -0.392 e. The molecule has 1 heterocycles. The maximum absolute atomic E-state index is 12.4. The van der Waals surface area contributed by atoms with Gasteiger partial charge in [-0.25, -0.2) is 8.42 Å². The molecule has 0 spiro atoms. The van der Waals surface area contributed by atoms with E-state index in [0.29, 0.717) is 18.1 Å². The van der Waals surface area contributed by atoms with Crippen molar-refractivity contribution < 1.29 is 17.2 Å². The average Bonchev–Trinajstić information content (AvgIpc) is 2.30. The van der Waals surface area contributed by atoms with Crippen LogP contribution in [0.4, 0.5) is 8.78 Å². The molecule has 0 aromatic rings. The Balaban J connectivity index is 2.64. The largest absolute Gasteiger partial charge is 0.392 e. The van der Waals surface area contributed by atoms with Crippen LogP contribution in [0, 0.1) is 0 Å². The molecule has 1 aliphatic rings. The van der Waals surface area contributed by atoms with Gasteiger partial charge in [0.25, 0.3) is 10.0 Å². The molecule has 1 fully saturated rings. The predicted octanol–water partition coefficient (Wildman–Crippen LogP) is 0.221. The third-order valence-corrected chi connectivity index (χ3v) is 4.82. The van der Waals surface area contributed by atoms with Gasteiger partial charge in [-0.2, -0.15) is 13.1 Å². The predicted molar refractivity (Wildman–Crippen MR) is 68.9 cm³/mol. The number of halogens is 2. The summed E-state index contributed by atoms with van der Waals surface area (Å²) < 4.78 is 48.1. The summed E-state index contributed by atoms with van der Waals surface area (Å²) in [6, 6.07) is -0.101. The van der Waals surface area contributed by atoms with Crippen molar-refractivity contribution in [2.45, 2.75) is 25.1 Å². The minimum absolute atomic E-state index is 0.0474. The van der Waals surface area contributed by atoms with Gasteiger partial charge < -0.3 is 5.73 Å². The normalized spacial score (nSPS) is 21.1. The number of nitrogens with zero attached hydrogens (tertiary/aromatic N) is 2. The highest BCUT2D eigenvalue weighted by atomic mass is 32.2. The van der Waals surface area contributed by atoms with Gasteiger partial charge in [0.2, 0.25) is 0 Å². The first-order valence-corrected chi connectivity index (χ1v) is 7.52. The van der Waals surface area contributed by atoms with Crippen molar-refractivity contribution in [3.8, 4) is 0 Å². The van der Waals surface area contributed by atoms with Gasteiger partial charge >= 0.3 is 5.76 Å². The molecule has 0 radical (unpaired) electrons. The summed E-state index contributed by atoms with van der Waals surface area (Å²) in [7, 11) is -4.47. The SMILES string of the molecule is CCC(C(N)=S)N1CCN(S(=O)(=O)C(F)F)CC1. The van der Waals surface area contributed by atoms with E-state index in [1.54, 1.807) is 0 Å². The lowest BCUT2D eigenvalue weighted by atomic mass is 10.1. The van der Waals surface area contributed by atoms with Crippen molar-refractivity contribution in [2.75, 3.05) is 26.2 Å². The topological polar surface area (TPSA) is 66.6 Å². The van der Waals surface area contributed by atoms with E-state index < -0.39 is 15.8 Å². The molecule has 0 amide bonds. The highest BCUT2D eigenvalue weighted by Crippen LogP contribution is 2.16. The second-order valence-corrected chi connectivity index (χ2v) is 6.44. The molecule has 0 bridgehead atoms. The Kier molecular flexibility index (Phi) is 5.38. The molecule has 0 saturated carbocycles. The Morgan fingerprint density at radius 3 is 2.17 bits per heavy atom. The zero-order valence-electron chi connectivity index (χ0n) is 10.1. The van der Waals surface area contributed by atoms with E-state index in [-0.39, 0.29) is 19.1 Å². The average molecular weight is 301 g/mol. The standard InChI is InChI=1S/C9H17F2N3O2S2/c1-2-7(8(12)17)13-3-5-14(6-4-13)18(15,16)9(10)11/h7,9H,2-6H2,1H3,(H2,12,17). The molecule has 106 valence electrons. The molecule has 2 N–H and O–H groups in total. The van der Waals surface area contributed by atoms with Gasteiger partial charge in [0.1, 0.15) is 0 Å². The van der Waals surface area contributed by atoms with Crippen molar-refractivity contribution in [3.63, 3.8) is 0 Å². The maximum atomic E-state index is 12.4. The number of nitrogens with two attached hydrogens (primary N) is 1. The Morgan fingerprint density at radius 1 is 1.33 bits per heavy atom. The van der Waals surface area contributed by atoms with Crippen LogP contribution in [0.15, 0.2) is 0 Å². The first kappa shape index (κ1) is 15.7. The van der Waals surface area contributed by atoms with Gasteiger partial charge in [-0.3, -0.25) is 4.90 Å². The molecule has 1 aliphatic heterocycles. The van der Waals surface area contributed by atoms with Crippen LogP contribution in [-0.4, -0.2) is 60.6 Å². The first-order chi connectivity index (χ1) is 8.30. The summed E-state index contributed by atoms with van der Waals surface area (Å²) in [6.07, 6.45) is 0.719. The highest BCUT2D eigenvalue weighted by Gasteiger charge is 2.35. The number of piperazine rings is 1. The van der Waals surface area contributed by atoms with Gasteiger partial charge in [0, 0.05) is 26.2 Å². The van der Waals surface area contributed by atoms with E-state index in [4.69, 9.17) is 18.0 Å². The zero-order valence-corrected chi connectivity index (χ0v) is 11.7. The van der Waals surface area contributed by atoms with Crippen molar-refractivity contribution >= 4 is 27.2 Å². The number of hydrogen-bond donors (Lipinski definition) is 1. The lowest BCUT2D eigenvalue weighted by Gasteiger charge is -2.37. The summed E-state index contributed by atoms with van der Waals surface area (Å²) in [6.45, 7) is 2.74. The van der Waals surface area contributed by atoms with Crippen LogP contribution in [0.2, 0.25) is 0 Å². The molecule has 1 unspecified atom stereocenters. The lowest BCUT2D eigenvalue weighted by molar-refractivity contribution is 0.153. The Labute approximate surface area is 111 Å². The first-order valence-electron chi connectivity index (χ1n) is 5.61. The van der Waals surface area contributed by atoms with Crippen LogP contribution in [0.25, 0.3) is 0 Å². The summed E-state index contributed by atoms with van der Waals surface area (Å²) in [5, 5.41) is 0. The van der Waals surface area contributed by atoms with Gasteiger partial charge in [-0.05, 0) is 6.42 Å². The molecule has 18 heavy (non-hydrogen) atoms. The van der Waals surface area contributed by atoms with Crippen LogP contribution in [-0.2, 0) is 10.0 Å². The van der Waals surface area contributed by atoms with Crippen LogP contribution in [0.1, 0.15) is 13.3 Å². The third-order valence-electron chi connectivity index (χ3n) is 3.01. The summed E-state index contributed by atoms with van der Waals surface area (Å²) >= 11 is 4.93. The fourth-order valence-electron chi connectivity index (χ4n) is 2.02. The fourth-order valence-corrected chi connectivity index (χ4v) is 3.24. The molecular formula is C9H17F2N3O2S2. The smallest absolute Gasteiger partial charge is 0.350 e. The quantitative estimate of drug-likeness (QED) is 0.736. The number of rotatable bonds is 5. The third kappa shape index (κ3) is 3.34. The van der Waals surface area contributed by atoms with E-state index >= 15 is 0 Å². The van der Waals surface area contributed by atoms with Crippen molar-refractivity contribution in [3.05, 3.63) is 0 Å². The van der Waals surface area contributed by atoms with Crippen molar-refractivity contribution in [1.29, 1.82) is 0 Å². The number of sulfonamides is 1. The maximum Gasteiger partial charge on any atom is 0.350 e. The lowest BCUT2D eigenvalue weighted by Crippen LogP contribution is -2.55. The molecule has 1 rings (SSSR count). The molecule has 1 atom stereocenters. The number of alkyl halides is 2. The van der Waals surface area contributed by atoms with Gasteiger partial charge in [-0.1, -0.05) is 19.1 Å². The van der Waals surface area contributed by atoms with Crippen LogP contribution in [0.5, 0.6) is 0 Å². The van der Waals surface area contributed by atoms with Crippen LogP contribution >= 0.6 is 12.2 Å². The summed E-state index contributed by atoms with van der Waals surface area (Å²) in [4.78, 5) is 2.28. The number of thiocarbonyl (C=S) groups is 1. The monoisotopic (exact) mass is 301 g/mol. The van der Waals surface area contributed by atoms with Gasteiger partial charge in [0.05, 0.1) is 11.0 Å². The molecule has 9 heteroatoms. The second-order valence-electron chi connectivity index (χ2n) is 4.07. The van der Waals surface area contributed by atoms with E-state index in [2.05, 4.69) is 0 Å². The zero-order chi connectivity index (χ0) is 13.9. The summed E-state index contributed by atoms with van der Waals surface area (Å²) in [5.41, 5.74) is 5.58. The molecule has 1 saturated heterocycles. The molecule has 0 aromatic carbocycles. The molecule has 0 aromatic heterocycles. The highest BCUT2D eigenvalue weighted by molar-refractivity contribution is 7.89. The number of hydrogen-bond acceptors (Lipinski definition) is 4. The minimum atomic E-state index is -4.47.